The van der Waals surface area contributed by atoms with Gasteiger partial charge in [-0.3, -0.25) is 4.79 Å². The molecule has 32 heavy (non-hydrogen) atoms. The Morgan fingerprint density at radius 2 is 1.72 bits per heavy atom. The van der Waals surface area contributed by atoms with Crippen LogP contribution in [0.3, 0.4) is 0 Å². The monoisotopic (exact) mass is 450 g/mol. The van der Waals surface area contributed by atoms with Crippen LogP contribution in [-0.4, -0.2) is 34.4 Å². The van der Waals surface area contributed by atoms with Crippen molar-refractivity contribution in [1.29, 1.82) is 0 Å². The normalized spacial score (nSPS) is 10.8. The number of nitrogens with one attached hydrogen (secondary N) is 2. The zero-order valence-electron chi connectivity index (χ0n) is 19.0. The zero-order chi connectivity index (χ0) is 23.1. The number of hydrogen-bond donors (Lipinski definition) is 2. The number of rotatable bonds is 8. The average molecular weight is 451 g/mol. The summed E-state index contributed by atoms with van der Waals surface area (Å²) in [6.07, 6.45) is 0.767. The highest BCUT2D eigenvalue weighted by Gasteiger charge is 2.21. The predicted molar refractivity (Wildman–Crippen MR) is 130 cm³/mol. The van der Waals surface area contributed by atoms with Crippen LogP contribution >= 0.6 is 11.3 Å². The lowest BCUT2D eigenvalue weighted by Crippen LogP contribution is -2.39. The van der Waals surface area contributed by atoms with Gasteiger partial charge in [0.25, 0.3) is 5.91 Å². The summed E-state index contributed by atoms with van der Waals surface area (Å²) in [4.78, 5) is 31.6. The highest BCUT2D eigenvalue weighted by atomic mass is 32.1. The quantitative estimate of drug-likeness (QED) is 0.497. The van der Waals surface area contributed by atoms with Gasteiger partial charge in [0, 0.05) is 23.7 Å². The minimum absolute atomic E-state index is 0.0219. The molecule has 0 bridgehead atoms. The second-order valence-corrected chi connectivity index (χ2v) is 8.98. The fourth-order valence-electron chi connectivity index (χ4n) is 3.37. The molecule has 0 aliphatic carbocycles. The Kier molecular flexibility index (Phi) is 8.00. The number of urea groups is 1. The van der Waals surface area contributed by atoms with Crippen molar-refractivity contribution in [2.75, 3.05) is 11.9 Å². The highest BCUT2D eigenvalue weighted by molar-refractivity contribution is 7.09. The van der Waals surface area contributed by atoms with Crippen molar-refractivity contribution in [1.82, 2.24) is 15.2 Å². The number of benzene rings is 2. The van der Waals surface area contributed by atoms with Crippen molar-refractivity contribution >= 4 is 29.0 Å². The van der Waals surface area contributed by atoms with Gasteiger partial charge < -0.3 is 15.5 Å². The largest absolute Gasteiger partial charge is 0.350 e. The van der Waals surface area contributed by atoms with Gasteiger partial charge in [-0.15, -0.1) is 11.3 Å². The van der Waals surface area contributed by atoms with Gasteiger partial charge in [-0.1, -0.05) is 48.5 Å². The van der Waals surface area contributed by atoms with Crippen LogP contribution in [0.5, 0.6) is 0 Å². The molecule has 168 valence electrons. The third kappa shape index (κ3) is 6.17. The molecule has 0 spiro atoms. The highest BCUT2D eigenvalue weighted by Crippen LogP contribution is 2.21. The first kappa shape index (κ1) is 23.5. The van der Waals surface area contributed by atoms with Crippen molar-refractivity contribution in [3.63, 3.8) is 0 Å². The van der Waals surface area contributed by atoms with Crippen LogP contribution in [0.15, 0.2) is 53.9 Å². The van der Waals surface area contributed by atoms with E-state index in [9.17, 15) is 9.59 Å². The Morgan fingerprint density at radius 1 is 1.03 bits per heavy atom. The van der Waals surface area contributed by atoms with Crippen LogP contribution < -0.4 is 10.6 Å². The third-order valence-electron chi connectivity index (χ3n) is 5.23. The molecular weight excluding hydrogens is 420 g/mol. The molecule has 3 amide bonds. The Bertz CT molecular complexity index is 1040. The summed E-state index contributed by atoms with van der Waals surface area (Å²) in [6.45, 7) is 8.78. The topological polar surface area (TPSA) is 74.3 Å². The van der Waals surface area contributed by atoms with Gasteiger partial charge in [0.15, 0.2) is 0 Å². The SMILES string of the molecule is Cc1cccc(C)c1NC(=O)N(Cc1nc(C(=O)NCCc2ccccc2)cs1)C(C)C. The van der Waals surface area contributed by atoms with Crippen LogP contribution in [-0.2, 0) is 13.0 Å². The Balaban J connectivity index is 1.60. The summed E-state index contributed by atoms with van der Waals surface area (Å²) in [5, 5.41) is 8.43. The summed E-state index contributed by atoms with van der Waals surface area (Å²) in [5.74, 6) is -0.195. The first-order valence-electron chi connectivity index (χ1n) is 10.8. The van der Waals surface area contributed by atoms with Gasteiger partial charge in [-0.05, 0) is 50.8 Å². The number of aryl methyl sites for hydroxylation is 2. The third-order valence-corrected chi connectivity index (χ3v) is 6.06. The summed E-state index contributed by atoms with van der Waals surface area (Å²) in [6, 6.07) is 15.8. The van der Waals surface area contributed by atoms with Crippen molar-refractivity contribution < 1.29 is 9.59 Å². The lowest BCUT2D eigenvalue weighted by atomic mass is 10.1. The van der Waals surface area contributed by atoms with Gasteiger partial charge in [0.2, 0.25) is 0 Å². The fraction of sp³-hybridized carbons (Fsp3) is 0.320. The molecule has 3 rings (SSSR count). The van der Waals surface area contributed by atoms with Crippen molar-refractivity contribution in [3.05, 3.63) is 81.3 Å². The van der Waals surface area contributed by atoms with Crippen molar-refractivity contribution in [3.8, 4) is 0 Å². The van der Waals surface area contributed by atoms with Crippen molar-refractivity contribution in [2.45, 2.75) is 46.7 Å². The molecule has 0 atom stereocenters. The summed E-state index contributed by atoms with van der Waals surface area (Å²) < 4.78 is 0. The maximum absolute atomic E-state index is 13.0. The van der Waals surface area contributed by atoms with E-state index in [1.807, 2.05) is 76.2 Å². The molecule has 0 radical (unpaired) electrons. The van der Waals surface area contributed by atoms with Crippen molar-refractivity contribution in [2.24, 2.45) is 0 Å². The molecule has 3 aromatic rings. The van der Waals surface area contributed by atoms with Gasteiger partial charge >= 0.3 is 6.03 Å². The summed E-state index contributed by atoms with van der Waals surface area (Å²) >= 11 is 1.39. The van der Waals surface area contributed by atoms with E-state index in [1.54, 1.807) is 10.3 Å². The number of hydrogen-bond acceptors (Lipinski definition) is 4. The predicted octanol–water partition coefficient (Wildman–Crippen LogP) is 5.17. The maximum Gasteiger partial charge on any atom is 0.322 e. The Hall–Kier alpha value is -3.19. The number of nitrogens with zero attached hydrogens (tertiary/aromatic N) is 2. The van der Waals surface area contributed by atoms with E-state index >= 15 is 0 Å². The molecule has 1 heterocycles. The van der Waals surface area contributed by atoms with Crippen LogP contribution in [0.4, 0.5) is 10.5 Å². The Labute approximate surface area is 193 Å². The molecule has 6 nitrogen and oxygen atoms in total. The molecule has 7 heteroatoms. The van der Waals surface area contributed by atoms with Crippen LogP contribution in [0.2, 0.25) is 0 Å². The first-order chi connectivity index (χ1) is 15.3. The van der Waals surface area contributed by atoms with Gasteiger partial charge in [-0.2, -0.15) is 0 Å². The van der Waals surface area contributed by atoms with E-state index in [0.29, 0.717) is 18.8 Å². The molecule has 0 aliphatic heterocycles. The smallest absolute Gasteiger partial charge is 0.322 e. The number of thiazole rings is 1. The number of amides is 3. The summed E-state index contributed by atoms with van der Waals surface area (Å²) in [7, 11) is 0. The number of carbonyl (C=O) groups is 2. The van der Waals surface area contributed by atoms with E-state index < -0.39 is 0 Å². The number of para-hydroxylation sites is 1. The van der Waals surface area contributed by atoms with E-state index in [4.69, 9.17) is 0 Å². The molecular formula is C25H30N4O2S. The first-order valence-corrected chi connectivity index (χ1v) is 11.6. The second kappa shape index (κ2) is 10.9. The molecule has 1 aromatic heterocycles. The Morgan fingerprint density at radius 3 is 2.38 bits per heavy atom. The molecule has 0 saturated carbocycles. The van der Waals surface area contributed by atoms with E-state index in [1.165, 1.54) is 16.9 Å². The second-order valence-electron chi connectivity index (χ2n) is 8.04. The van der Waals surface area contributed by atoms with Gasteiger partial charge in [-0.25, -0.2) is 9.78 Å². The molecule has 0 aliphatic rings. The maximum atomic E-state index is 13.0. The molecule has 2 N–H and O–H groups in total. The molecule has 0 unspecified atom stereocenters. The lowest BCUT2D eigenvalue weighted by molar-refractivity contribution is 0.0949. The number of anilines is 1. The van der Waals surface area contributed by atoms with E-state index in [-0.39, 0.29) is 18.0 Å². The number of carbonyl (C=O) groups excluding carboxylic acids is 2. The van der Waals surface area contributed by atoms with Crippen LogP contribution in [0.1, 0.15) is 46.0 Å². The number of aromatic nitrogens is 1. The van der Waals surface area contributed by atoms with E-state index in [0.717, 1.165) is 28.2 Å². The summed E-state index contributed by atoms with van der Waals surface area (Å²) in [5.41, 5.74) is 4.43. The van der Waals surface area contributed by atoms with Gasteiger partial charge in [0.05, 0.1) is 6.54 Å². The fourth-order valence-corrected chi connectivity index (χ4v) is 4.14. The standard InChI is InChI=1S/C25H30N4O2S/c1-17(2)29(25(31)28-23-18(3)9-8-10-19(23)4)15-22-27-21(16-32-22)24(30)26-14-13-20-11-6-5-7-12-20/h5-12,16-17H,13-15H2,1-4H3,(H,26,30)(H,28,31). The zero-order valence-corrected chi connectivity index (χ0v) is 19.8. The van der Waals surface area contributed by atoms with E-state index in [2.05, 4.69) is 15.6 Å². The molecule has 0 saturated heterocycles. The van der Waals surface area contributed by atoms with Crippen LogP contribution in [0.25, 0.3) is 0 Å². The minimum atomic E-state index is -0.195. The molecule has 0 fully saturated rings. The molecule has 2 aromatic carbocycles. The van der Waals surface area contributed by atoms with Crippen LogP contribution in [0, 0.1) is 13.8 Å². The average Bonchev–Trinajstić information content (AvgIpc) is 3.24. The van der Waals surface area contributed by atoms with Gasteiger partial charge in [0.1, 0.15) is 10.7 Å². The lowest BCUT2D eigenvalue weighted by Gasteiger charge is -2.27. The minimum Gasteiger partial charge on any atom is -0.350 e.